The maximum Gasteiger partial charge on any atom is 0.351 e. The molecule has 114 valence electrons. The lowest BCUT2D eigenvalue weighted by Crippen LogP contribution is -2.39. The van der Waals surface area contributed by atoms with Gasteiger partial charge in [-0.3, -0.25) is 4.90 Å². The Kier molecular flexibility index (Phi) is 4.60. The van der Waals surface area contributed by atoms with E-state index in [0.29, 0.717) is 18.1 Å². The van der Waals surface area contributed by atoms with Crippen LogP contribution in [-0.4, -0.2) is 49.8 Å². The molecule has 0 unspecified atom stereocenters. The van der Waals surface area contributed by atoms with Gasteiger partial charge in [-0.05, 0) is 38.1 Å². The molecule has 0 amide bonds. The molecule has 0 saturated carbocycles. The van der Waals surface area contributed by atoms with E-state index in [0.717, 1.165) is 19.6 Å². The Labute approximate surface area is 124 Å². The second-order valence-electron chi connectivity index (χ2n) is 5.43. The topological polar surface area (TPSA) is 48.0 Å². The SMILES string of the molecule is O=C(OCCN1CCCCC1)[C@H]1COc2ccccc2O1. The maximum absolute atomic E-state index is 12.0. The number of carbonyl (C=O) groups is 1. The average Bonchev–Trinajstić information content (AvgIpc) is 2.55. The van der Waals surface area contributed by atoms with Gasteiger partial charge in [0, 0.05) is 6.54 Å². The van der Waals surface area contributed by atoms with Crippen LogP contribution in [-0.2, 0) is 9.53 Å². The summed E-state index contributed by atoms with van der Waals surface area (Å²) in [6.07, 6.45) is 3.12. The van der Waals surface area contributed by atoms with Crippen LogP contribution in [0.25, 0.3) is 0 Å². The third-order valence-corrected chi connectivity index (χ3v) is 3.87. The fourth-order valence-corrected chi connectivity index (χ4v) is 2.69. The van der Waals surface area contributed by atoms with Gasteiger partial charge >= 0.3 is 5.97 Å². The van der Waals surface area contributed by atoms with Crippen LogP contribution < -0.4 is 9.47 Å². The maximum atomic E-state index is 12.0. The number of para-hydroxylation sites is 2. The van der Waals surface area contributed by atoms with Crippen LogP contribution in [0.5, 0.6) is 11.5 Å². The van der Waals surface area contributed by atoms with Crippen LogP contribution in [0.15, 0.2) is 24.3 Å². The highest BCUT2D eigenvalue weighted by Crippen LogP contribution is 2.31. The number of piperidine rings is 1. The van der Waals surface area contributed by atoms with E-state index in [4.69, 9.17) is 14.2 Å². The number of hydrogen-bond acceptors (Lipinski definition) is 5. The van der Waals surface area contributed by atoms with E-state index in [9.17, 15) is 4.79 Å². The summed E-state index contributed by atoms with van der Waals surface area (Å²) in [5.41, 5.74) is 0. The van der Waals surface area contributed by atoms with Crippen LogP contribution in [0, 0.1) is 0 Å². The highest BCUT2D eigenvalue weighted by molar-refractivity contribution is 5.76. The van der Waals surface area contributed by atoms with Crippen LogP contribution >= 0.6 is 0 Å². The molecule has 0 aromatic heterocycles. The second-order valence-corrected chi connectivity index (χ2v) is 5.43. The molecule has 0 bridgehead atoms. The number of likely N-dealkylation sites (tertiary alicyclic amines) is 1. The number of carbonyl (C=O) groups excluding carboxylic acids is 1. The van der Waals surface area contributed by atoms with E-state index < -0.39 is 6.10 Å². The summed E-state index contributed by atoms with van der Waals surface area (Å²) < 4.78 is 16.5. The van der Waals surface area contributed by atoms with Crippen molar-refractivity contribution in [1.29, 1.82) is 0 Å². The van der Waals surface area contributed by atoms with Gasteiger partial charge in [-0.25, -0.2) is 4.79 Å². The number of rotatable bonds is 4. The summed E-state index contributed by atoms with van der Waals surface area (Å²) in [5.74, 6) is 0.929. The van der Waals surface area contributed by atoms with Gasteiger partial charge in [0.05, 0.1) is 0 Å². The Morgan fingerprint density at radius 1 is 1.19 bits per heavy atom. The Morgan fingerprint density at radius 2 is 1.95 bits per heavy atom. The first-order valence-electron chi connectivity index (χ1n) is 7.60. The zero-order valence-corrected chi connectivity index (χ0v) is 12.1. The molecule has 1 aromatic carbocycles. The molecule has 1 fully saturated rings. The minimum Gasteiger partial charge on any atom is -0.485 e. The van der Waals surface area contributed by atoms with Gasteiger partial charge in [-0.2, -0.15) is 0 Å². The van der Waals surface area contributed by atoms with E-state index in [1.807, 2.05) is 18.2 Å². The van der Waals surface area contributed by atoms with Crippen LogP contribution in [0.1, 0.15) is 19.3 Å². The molecular formula is C16H21NO4. The molecule has 5 heteroatoms. The monoisotopic (exact) mass is 291 g/mol. The number of benzene rings is 1. The third kappa shape index (κ3) is 3.67. The predicted molar refractivity (Wildman–Crippen MR) is 77.6 cm³/mol. The number of esters is 1. The number of fused-ring (bicyclic) bond motifs is 1. The Balaban J connectivity index is 1.44. The van der Waals surface area contributed by atoms with Gasteiger partial charge in [0.15, 0.2) is 11.5 Å². The lowest BCUT2D eigenvalue weighted by atomic mass is 10.1. The highest BCUT2D eigenvalue weighted by atomic mass is 16.6. The predicted octanol–water partition coefficient (Wildman–Crippen LogP) is 1.86. The van der Waals surface area contributed by atoms with Crippen molar-refractivity contribution >= 4 is 5.97 Å². The first-order chi connectivity index (χ1) is 10.3. The normalized spacial score (nSPS) is 21.8. The Hall–Kier alpha value is -1.75. The lowest BCUT2D eigenvalue weighted by molar-refractivity contribution is -0.155. The van der Waals surface area contributed by atoms with Crippen LogP contribution in [0.2, 0.25) is 0 Å². The summed E-state index contributed by atoms with van der Waals surface area (Å²) in [6, 6.07) is 7.35. The van der Waals surface area contributed by atoms with Gasteiger partial charge in [0.25, 0.3) is 0 Å². The average molecular weight is 291 g/mol. The summed E-state index contributed by atoms with van der Waals surface area (Å²) in [5, 5.41) is 0. The fraction of sp³-hybridized carbons (Fsp3) is 0.562. The van der Waals surface area contributed by atoms with Gasteiger partial charge in [-0.15, -0.1) is 0 Å². The first kappa shape index (κ1) is 14.2. The molecule has 2 aliphatic rings. The van der Waals surface area contributed by atoms with Crippen molar-refractivity contribution in [3.05, 3.63) is 24.3 Å². The third-order valence-electron chi connectivity index (χ3n) is 3.87. The molecule has 2 heterocycles. The minimum absolute atomic E-state index is 0.208. The summed E-state index contributed by atoms with van der Waals surface area (Å²) in [4.78, 5) is 14.3. The van der Waals surface area contributed by atoms with Gasteiger partial charge in [0.1, 0.15) is 13.2 Å². The molecule has 21 heavy (non-hydrogen) atoms. The summed E-state index contributed by atoms with van der Waals surface area (Å²) >= 11 is 0. The molecule has 2 aliphatic heterocycles. The smallest absolute Gasteiger partial charge is 0.351 e. The van der Waals surface area contributed by atoms with Crippen molar-refractivity contribution in [1.82, 2.24) is 4.90 Å². The molecule has 0 aliphatic carbocycles. The van der Waals surface area contributed by atoms with Gasteiger partial charge < -0.3 is 14.2 Å². The lowest BCUT2D eigenvalue weighted by Gasteiger charge is -2.27. The molecule has 0 spiro atoms. The van der Waals surface area contributed by atoms with Crippen molar-refractivity contribution in [2.24, 2.45) is 0 Å². The molecule has 5 nitrogen and oxygen atoms in total. The molecular weight excluding hydrogens is 270 g/mol. The number of hydrogen-bond donors (Lipinski definition) is 0. The summed E-state index contributed by atoms with van der Waals surface area (Å²) in [7, 11) is 0. The van der Waals surface area contributed by atoms with Crippen molar-refractivity contribution < 1.29 is 19.0 Å². The minimum atomic E-state index is -0.666. The van der Waals surface area contributed by atoms with Crippen LogP contribution in [0.3, 0.4) is 0 Å². The van der Waals surface area contributed by atoms with Crippen molar-refractivity contribution in [3.8, 4) is 11.5 Å². The molecule has 3 rings (SSSR count). The first-order valence-corrected chi connectivity index (χ1v) is 7.60. The van der Waals surface area contributed by atoms with Crippen LogP contribution in [0.4, 0.5) is 0 Å². The molecule has 0 radical (unpaired) electrons. The Morgan fingerprint density at radius 3 is 2.76 bits per heavy atom. The fourth-order valence-electron chi connectivity index (χ4n) is 2.69. The highest BCUT2D eigenvalue weighted by Gasteiger charge is 2.28. The molecule has 0 N–H and O–H groups in total. The zero-order chi connectivity index (χ0) is 14.5. The van der Waals surface area contributed by atoms with E-state index in [1.165, 1.54) is 19.3 Å². The van der Waals surface area contributed by atoms with Gasteiger partial charge in [0.2, 0.25) is 6.10 Å². The molecule has 1 aromatic rings. The van der Waals surface area contributed by atoms with E-state index >= 15 is 0 Å². The standard InChI is InChI=1S/C16H21NO4/c18-16(19-11-10-17-8-4-1-5-9-17)15-12-20-13-6-2-3-7-14(13)21-15/h2-3,6-7,15H,1,4-5,8-12H2/t15-/m1/s1. The van der Waals surface area contributed by atoms with Gasteiger partial charge in [-0.1, -0.05) is 18.6 Å². The quantitative estimate of drug-likeness (QED) is 0.792. The number of ether oxygens (including phenoxy) is 3. The summed E-state index contributed by atoms with van der Waals surface area (Å²) in [6.45, 7) is 3.64. The largest absolute Gasteiger partial charge is 0.485 e. The molecule has 1 saturated heterocycles. The van der Waals surface area contributed by atoms with E-state index in [1.54, 1.807) is 6.07 Å². The van der Waals surface area contributed by atoms with E-state index in [-0.39, 0.29) is 12.6 Å². The number of nitrogens with zero attached hydrogens (tertiary/aromatic N) is 1. The van der Waals surface area contributed by atoms with Crippen molar-refractivity contribution in [3.63, 3.8) is 0 Å². The second kappa shape index (κ2) is 6.80. The van der Waals surface area contributed by atoms with E-state index in [2.05, 4.69) is 4.90 Å². The zero-order valence-electron chi connectivity index (χ0n) is 12.1. The molecule has 1 atom stereocenters. The van der Waals surface area contributed by atoms with Crippen molar-refractivity contribution in [2.75, 3.05) is 32.8 Å². The Bertz CT molecular complexity index is 485. The van der Waals surface area contributed by atoms with Crippen molar-refractivity contribution in [2.45, 2.75) is 25.4 Å².